The first-order valence-corrected chi connectivity index (χ1v) is 10.5. The maximum absolute atomic E-state index is 12.7. The van der Waals surface area contributed by atoms with E-state index in [0.29, 0.717) is 17.5 Å². The molecule has 4 rings (SSSR count). The Kier molecular flexibility index (Phi) is 5.41. The van der Waals surface area contributed by atoms with Gasteiger partial charge in [-0.15, -0.1) is 11.3 Å². The van der Waals surface area contributed by atoms with Crippen LogP contribution in [-0.4, -0.2) is 38.6 Å². The van der Waals surface area contributed by atoms with Crippen LogP contribution in [0.25, 0.3) is 10.7 Å². The Morgan fingerprint density at radius 3 is 2.70 bits per heavy atom. The number of pyridine rings is 1. The lowest BCUT2D eigenvalue weighted by molar-refractivity contribution is 0.0593. The summed E-state index contributed by atoms with van der Waals surface area (Å²) in [7, 11) is 0. The number of carbonyl (C=O) groups is 3. The number of hydrogen-bond acceptors (Lipinski definition) is 6. The molecule has 3 aromatic rings. The molecule has 0 radical (unpaired) electrons. The van der Waals surface area contributed by atoms with Gasteiger partial charge in [0, 0.05) is 23.2 Å². The molecule has 0 fully saturated rings. The molecule has 7 nitrogen and oxygen atoms in total. The third-order valence-corrected chi connectivity index (χ3v) is 5.99. The SMILES string of the molecule is CCC(C)N1C(=O)c2ccc(C(=O)NCc3csc(-c4ccccn4)n3)cc2C1=O. The molecule has 1 aliphatic rings. The van der Waals surface area contributed by atoms with Crippen molar-refractivity contribution in [1.82, 2.24) is 20.2 Å². The van der Waals surface area contributed by atoms with Gasteiger partial charge in [-0.1, -0.05) is 13.0 Å². The van der Waals surface area contributed by atoms with E-state index in [4.69, 9.17) is 0 Å². The summed E-state index contributed by atoms with van der Waals surface area (Å²) in [6.45, 7) is 4.01. The molecule has 1 aliphatic heterocycles. The fraction of sp³-hybridized carbons (Fsp3) is 0.227. The smallest absolute Gasteiger partial charge is 0.261 e. The average Bonchev–Trinajstić information content (AvgIpc) is 3.35. The highest BCUT2D eigenvalue weighted by atomic mass is 32.1. The summed E-state index contributed by atoms with van der Waals surface area (Å²) in [4.78, 5) is 47.8. The van der Waals surface area contributed by atoms with Crippen LogP contribution in [-0.2, 0) is 6.54 Å². The van der Waals surface area contributed by atoms with Gasteiger partial charge in [0.05, 0.1) is 29.1 Å². The van der Waals surface area contributed by atoms with Crippen molar-refractivity contribution >= 4 is 29.1 Å². The van der Waals surface area contributed by atoms with Gasteiger partial charge in [-0.3, -0.25) is 24.3 Å². The molecule has 0 aliphatic carbocycles. The predicted octanol–water partition coefficient (Wildman–Crippen LogP) is 3.53. The number of benzene rings is 1. The Morgan fingerprint density at radius 1 is 1.17 bits per heavy atom. The van der Waals surface area contributed by atoms with Crippen LogP contribution in [0, 0.1) is 0 Å². The number of carbonyl (C=O) groups excluding carboxylic acids is 3. The summed E-state index contributed by atoms with van der Waals surface area (Å²) in [5.41, 5.74) is 2.47. The Bertz CT molecular complexity index is 1130. The first kappa shape index (κ1) is 19.9. The van der Waals surface area contributed by atoms with Gasteiger partial charge >= 0.3 is 0 Å². The average molecular weight is 420 g/mol. The highest BCUT2D eigenvalue weighted by molar-refractivity contribution is 7.13. The summed E-state index contributed by atoms with van der Waals surface area (Å²) in [5.74, 6) is -0.980. The third kappa shape index (κ3) is 3.61. The van der Waals surface area contributed by atoms with Crippen molar-refractivity contribution in [3.8, 4) is 10.7 Å². The number of fused-ring (bicyclic) bond motifs is 1. The number of rotatable bonds is 6. The van der Waals surface area contributed by atoms with Crippen molar-refractivity contribution in [3.63, 3.8) is 0 Å². The van der Waals surface area contributed by atoms with E-state index in [2.05, 4.69) is 15.3 Å². The molecule has 3 amide bonds. The van der Waals surface area contributed by atoms with Gasteiger partial charge in [-0.2, -0.15) is 0 Å². The highest BCUT2D eigenvalue weighted by Gasteiger charge is 2.38. The van der Waals surface area contributed by atoms with Crippen LogP contribution >= 0.6 is 11.3 Å². The number of thiazole rings is 1. The second-order valence-corrected chi connectivity index (χ2v) is 7.90. The van der Waals surface area contributed by atoms with E-state index in [0.717, 1.165) is 16.4 Å². The summed E-state index contributed by atoms with van der Waals surface area (Å²) >= 11 is 1.46. The monoisotopic (exact) mass is 420 g/mol. The molecular weight excluding hydrogens is 400 g/mol. The zero-order valence-electron chi connectivity index (χ0n) is 16.6. The lowest BCUT2D eigenvalue weighted by atomic mass is 10.1. The summed E-state index contributed by atoms with van der Waals surface area (Å²) in [6, 6.07) is 10.0. The quantitative estimate of drug-likeness (QED) is 0.616. The molecule has 1 unspecified atom stereocenters. The molecule has 152 valence electrons. The maximum Gasteiger partial charge on any atom is 0.261 e. The van der Waals surface area contributed by atoms with Gasteiger partial charge < -0.3 is 5.32 Å². The largest absolute Gasteiger partial charge is 0.346 e. The van der Waals surface area contributed by atoms with Crippen LogP contribution in [0.5, 0.6) is 0 Å². The minimum atomic E-state index is -0.349. The first-order valence-electron chi connectivity index (χ1n) is 9.65. The van der Waals surface area contributed by atoms with Crippen LogP contribution < -0.4 is 5.32 Å². The summed E-state index contributed by atoms with van der Waals surface area (Å²) in [6.07, 6.45) is 2.38. The normalized spacial score (nSPS) is 14.0. The molecule has 0 bridgehead atoms. The van der Waals surface area contributed by atoms with Gasteiger partial charge in [-0.05, 0) is 43.7 Å². The topological polar surface area (TPSA) is 92.3 Å². The van der Waals surface area contributed by atoms with Gasteiger partial charge in [0.1, 0.15) is 5.01 Å². The minimum Gasteiger partial charge on any atom is -0.346 e. The molecule has 1 aromatic carbocycles. The van der Waals surface area contributed by atoms with Crippen molar-refractivity contribution in [3.05, 3.63) is 70.4 Å². The molecule has 1 N–H and O–H groups in total. The van der Waals surface area contributed by atoms with E-state index in [1.807, 2.05) is 37.4 Å². The van der Waals surface area contributed by atoms with Crippen LogP contribution in [0.2, 0.25) is 0 Å². The lowest BCUT2D eigenvalue weighted by Gasteiger charge is -2.20. The Morgan fingerprint density at radius 2 is 1.97 bits per heavy atom. The molecule has 0 saturated carbocycles. The summed E-state index contributed by atoms with van der Waals surface area (Å²) in [5, 5.41) is 5.48. The number of imide groups is 1. The van der Waals surface area contributed by atoms with E-state index < -0.39 is 0 Å². The number of amides is 3. The standard InChI is InChI=1S/C22H20N4O3S/c1-3-13(2)26-21(28)16-8-7-14(10-17(16)22(26)29)19(27)24-11-15-12-30-20(25-15)18-6-4-5-9-23-18/h4-10,12-13H,3,11H2,1-2H3,(H,24,27). The third-order valence-electron chi connectivity index (χ3n) is 5.08. The molecular formula is C22H20N4O3S. The van der Waals surface area contributed by atoms with Crippen molar-refractivity contribution in [2.45, 2.75) is 32.9 Å². The van der Waals surface area contributed by atoms with E-state index in [1.54, 1.807) is 18.3 Å². The Hall–Kier alpha value is -3.39. The van der Waals surface area contributed by atoms with Crippen LogP contribution in [0.15, 0.2) is 48.0 Å². The van der Waals surface area contributed by atoms with Crippen molar-refractivity contribution in [2.24, 2.45) is 0 Å². The molecule has 1 atom stereocenters. The van der Waals surface area contributed by atoms with Crippen LogP contribution in [0.1, 0.15) is 57.0 Å². The van der Waals surface area contributed by atoms with Gasteiger partial charge in [0.25, 0.3) is 17.7 Å². The highest BCUT2D eigenvalue weighted by Crippen LogP contribution is 2.27. The molecule has 8 heteroatoms. The lowest BCUT2D eigenvalue weighted by Crippen LogP contribution is -2.37. The van der Waals surface area contributed by atoms with Crippen molar-refractivity contribution in [1.29, 1.82) is 0 Å². The number of hydrogen-bond donors (Lipinski definition) is 1. The zero-order valence-corrected chi connectivity index (χ0v) is 17.4. The van der Waals surface area contributed by atoms with Gasteiger partial charge in [-0.25, -0.2) is 4.98 Å². The van der Waals surface area contributed by atoms with Crippen LogP contribution in [0.3, 0.4) is 0 Å². The minimum absolute atomic E-state index is 0.187. The fourth-order valence-electron chi connectivity index (χ4n) is 3.25. The molecule has 2 aromatic heterocycles. The molecule has 30 heavy (non-hydrogen) atoms. The van der Waals surface area contributed by atoms with Crippen molar-refractivity contribution < 1.29 is 14.4 Å². The number of nitrogens with zero attached hydrogens (tertiary/aromatic N) is 3. The molecule has 3 heterocycles. The second-order valence-electron chi connectivity index (χ2n) is 7.04. The maximum atomic E-state index is 12.7. The van der Waals surface area contributed by atoms with E-state index in [-0.39, 0.29) is 35.9 Å². The first-order chi connectivity index (χ1) is 14.5. The number of nitrogens with one attached hydrogen (secondary N) is 1. The molecule has 0 saturated heterocycles. The second kappa shape index (κ2) is 8.16. The number of aromatic nitrogens is 2. The Labute approximate surface area is 177 Å². The summed E-state index contributed by atoms with van der Waals surface area (Å²) < 4.78 is 0. The Balaban J connectivity index is 1.46. The van der Waals surface area contributed by atoms with Gasteiger partial charge in [0.2, 0.25) is 0 Å². The predicted molar refractivity (Wildman–Crippen MR) is 113 cm³/mol. The van der Waals surface area contributed by atoms with E-state index in [9.17, 15) is 14.4 Å². The van der Waals surface area contributed by atoms with Crippen LogP contribution in [0.4, 0.5) is 0 Å². The van der Waals surface area contributed by atoms with E-state index >= 15 is 0 Å². The zero-order chi connectivity index (χ0) is 21.3. The fourth-order valence-corrected chi connectivity index (χ4v) is 4.05. The van der Waals surface area contributed by atoms with Gasteiger partial charge in [0.15, 0.2) is 0 Å². The van der Waals surface area contributed by atoms with Crippen molar-refractivity contribution in [2.75, 3.05) is 0 Å². The van der Waals surface area contributed by atoms with E-state index in [1.165, 1.54) is 22.3 Å². The molecule has 0 spiro atoms.